The first kappa shape index (κ1) is 16.1. The highest BCUT2D eigenvalue weighted by molar-refractivity contribution is 7.98. The fourth-order valence-electron chi connectivity index (χ4n) is 3.17. The second kappa shape index (κ2) is 7.26. The molecule has 3 aromatic rings. The van der Waals surface area contributed by atoms with Crippen LogP contribution in [0.2, 0.25) is 0 Å². The van der Waals surface area contributed by atoms with E-state index in [9.17, 15) is 0 Å². The molecule has 1 aromatic carbocycles. The lowest BCUT2D eigenvalue weighted by atomic mass is 9.89. The normalized spacial score (nSPS) is 15.5. The molecule has 0 spiro atoms. The van der Waals surface area contributed by atoms with Crippen molar-refractivity contribution in [1.82, 2.24) is 25.0 Å². The molecule has 1 saturated carbocycles. The fourth-order valence-corrected chi connectivity index (χ4v) is 3.87. The zero-order valence-electron chi connectivity index (χ0n) is 13.8. The van der Waals surface area contributed by atoms with Gasteiger partial charge in [0.2, 0.25) is 16.9 Å². The Morgan fingerprint density at radius 3 is 2.72 bits per heavy atom. The Morgan fingerprint density at radius 1 is 1.12 bits per heavy atom. The zero-order chi connectivity index (χ0) is 17.1. The Kier molecular flexibility index (Phi) is 4.69. The van der Waals surface area contributed by atoms with Gasteiger partial charge in [0.1, 0.15) is 0 Å². The third kappa shape index (κ3) is 3.53. The molecule has 1 aliphatic carbocycles. The molecular formula is C17H20N6OS. The summed E-state index contributed by atoms with van der Waals surface area (Å²) in [5.74, 6) is 9.16. The Labute approximate surface area is 150 Å². The number of nitrogens with two attached hydrogens (primary N) is 1. The summed E-state index contributed by atoms with van der Waals surface area (Å²) in [5.41, 5.74) is 0.934. The van der Waals surface area contributed by atoms with Crippen LogP contribution in [0.3, 0.4) is 0 Å². The number of aromatic nitrogens is 5. The van der Waals surface area contributed by atoms with E-state index in [0.717, 1.165) is 24.2 Å². The van der Waals surface area contributed by atoms with Crippen molar-refractivity contribution >= 4 is 11.8 Å². The van der Waals surface area contributed by atoms with E-state index in [2.05, 4.69) is 20.3 Å². The summed E-state index contributed by atoms with van der Waals surface area (Å²) in [5, 5.41) is 13.2. The number of nitrogens with zero attached hydrogens (tertiary/aromatic N) is 5. The highest BCUT2D eigenvalue weighted by Crippen LogP contribution is 2.32. The maximum absolute atomic E-state index is 6.20. The van der Waals surface area contributed by atoms with Crippen molar-refractivity contribution in [3.05, 3.63) is 42.0 Å². The van der Waals surface area contributed by atoms with Crippen LogP contribution in [-0.4, -0.2) is 25.0 Å². The van der Waals surface area contributed by atoms with Crippen LogP contribution in [0.4, 0.5) is 0 Å². The van der Waals surface area contributed by atoms with Gasteiger partial charge in [0.15, 0.2) is 5.82 Å². The molecule has 0 amide bonds. The molecule has 0 unspecified atom stereocenters. The first-order valence-electron chi connectivity index (χ1n) is 8.52. The minimum atomic E-state index is 0.425. The number of thioether (sulfide) groups is 1. The van der Waals surface area contributed by atoms with Gasteiger partial charge in [-0.25, -0.2) is 4.68 Å². The van der Waals surface area contributed by atoms with E-state index in [1.54, 1.807) is 4.68 Å². The van der Waals surface area contributed by atoms with Crippen molar-refractivity contribution in [2.24, 2.45) is 0 Å². The van der Waals surface area contributed by atoms with E-state index < -0.39 is 0 Å². The van der Waals surface area contributed by atoms with E-state index in [-0.39, 0.29) is 0 Å². The van der Waals surface area contributed by atoms with E-state index in [4.69, 9.17) is 10.4 Å². The van der Waals surface area contributed by atoms with Gasteiger partial charge in [0.05, 0.1) is 5.75 Å². The van der Waals surface area contributed by atoms with Gasteiger partial charge in [-0.15, -0.1) is 10.2 Å². The molecule has 2 heterocycles. The predicted molar refractivity (Wildman–Crippen MR) is 95.3 cm³/mol. The third-order valence-corrected chi connectivity index (χ3v) is 5.41. The maximum atomic E-state index is 6.20. The first-order chi connectivity index (χ1) is 12.3. The van der Waals surface area contributed by atoms with Crippen LogP contribution in [0.1, 0.15) is 49.7 Å². The highest BCUT2D eigenvalue weighted by atomic mass is 32.2. The van der Waals surface area contributed by atoms with Crippen molar-refractivity contribution in [2.45, 2.75) is 48.9 Å². The van der Waals surface area contributed by atoms with Crippen molar-refractivity contribution in [2.75, 3.05) is 5.84 Å². The monoisotopic (exact) mass is 356 g/mol. The quantitative estimate of drug-likeness (QED) is 0.553. The molecule has 7 nitrogen and oxygen atoms in total. The molecule has 8 heteroatoms. The molecule has 0 atom stereocenters. The average Bonchev–Trinajstić information content (AvgIpc) is 3.28. The Hall–Kier alpha value is -2.35. The third-order valence-electron chi connectivity index (χ3n) is 4.49. The lowest BCUT2D eigenvalue weighted by Crippen LogP contribution is -2.18. The van der Waals surface area contributed by atoms with Gasteiger partial charge < -0.3 is 10.4 Å². The molecular weight excluding hydrogens is 336 g/mol. The molecule has 4 rings (SSSR count). The van der Waals surface area contributed by atoms with Crippen LogP contribution in [0.25, 0.3) is 11.4 Å². The van der Waals surface area contributed by atoms with Crippen LogP contribution < -0.4 is 5.84 Å². The molecule has 0 aliphatic heterocycles. The van der Waals surface area contributed by atoms with Gasteiger partial charge in [0, 0.05) is 11.5 Å². The van der Waals surface area contributed by atoms with E-state index in [1.807, 2.05) is 30.3 Å². The summed E-state index contributed by atoms with van der Waals surface area (Å²) < 4.78 is 6.94. The summed E-state index contributed by atoms with van der Waals surface area (Å²) in [7, 11) is 0. The number of nitrogen functional groups attached to an aromatic ring is 1. The van der Waals surface area contributed by atoms with Crippen LogP contribution in [-0.2, 0) is 5.75 Å². The van der Waals surface area contributed by atoms with Gasteiger partial charge in [-0.1, -0.05) is 66.5 Å². The molecule has 1 fully saturated rings. The highest BCUT2D eigenvalue weighted by Gasteiger charge is 2.22. The summed E-state index contributed by atoms with van der Waals surface area (Å²) >= 11 is 1.46. The van der Waals surface area contributed by atoms with Crippen LogP contribution >= 0.6 is 11.8 Å². The smallest absolute Gasteiger partial charge is 0.237 e. The summed E-state index contributed by atoms with van der Waals surface area (Å²) in [6.07, 6.45) is 6.07. The van der Waals surface area contributed by atoms with E-state index in [1.165, 1.54) is 31.0 Å². The van der Waals surface area contributed by atoms with Crippen molar-refractivity contribution < 1.29 is 4.52 Å². The summed E-state index contributed by atoms with van der Waals surface area (Å²) in [6, 6.07) is 9.76. The molecule has 0 radical (unpaired) electrons. The SMILES string of the molecule is Nn1c(SCc2nc(-c3ccccc3)no2)nnc1C1CCCCC1. The minimum absolute atomic E-state index is 0.425. The van der Waals surface area contributed by atoms with Gasteiger partial charge >= 0.3 is 0 Å². The summed E-state index contributed by atoms with van der Waals surface area (Å²) in [4.78, 5) is 4.43. The van der Waals surface area contributed by atoms with Crippen molar-refractivity contribution in [3.63, 3.8) is 0 Å². The molecule has 2 N–H and O–H groups in total. The lowest BCUT2D eigenvalue weighted by molar-refractivity contribution is 0.391. The first-order valence-corrected chi connectivity index (χ1v) is 9.51. The number of hydrogen-bond donors (Lipinski definition) is 1. The predicted octanol–water partition coefficient (Wildman–Crippen LogP) is 3.38. The van der Waals surface area contributed by atoms with Crippen molar-refractivity contribution in [1.29, 1.82) is 0 Å². The topological polar surface area (TPSA) is 95.7 Å². The maximum Gasteiger partial charge on any atom is 0.237 e. The zero-order valence-corrected chi connectivity index (χ0v) is 14.7. The Balaban J connectivity index is 1.42. The number of rotatable bonds is 5. The van der Waals surface area contributed by atoms with Gasteiger partial charge in [-0.05, 0) is 12.8 Å². The number of benzene rings is 1. The van der Waals surface area contributed by atoms with E-state index >= 15 is 0 Å². The fraction of sp³-hybridized carbons (Fsp3) is 0.412. The molecule has 0 bridgehead atoms. The minimum Gasteiger partial charge on any atom is -0.338 e. The Bertz CT molecular complexity index is 825. The molecule has 25 heavy (non-hydrogen) atoms. The second-order valence-corrected chi connectivity index (χ2v) is 7.15. The van der Waals surface area contributed by atoms with Crippen LogP contribution in [0.5, 0.6) is 0 Å². The van der Waals surface area contributed by atoms with E-state index in [0.29, 0.717) is 28.5 Å². The van der Waals surface area contributed by atoms with Gasteiger partial charge in [-0.2, -0.15) is 4.98 Å². The molecule has 1 aliphatic rings. The van der Waals surface area contributed by atoms with Crippen molar-refractivity contribution in [3.8, 4) is 11.4 Å². The van der Waals surface area contributed by atoms with Gasteiger partial charge in [-0.3, -0.25) is 0 Å². The molecule has 2 aromatic heterocycles. The standard InChI is InChI=1S/C17H20N6OS/c18-23-16(13-9-5-2-6-10-13)20-21-17(23)25-11-14-19-15(22-24-14)12-7-3-1-4-8-12/h1,3-4,7-8,13H,2,5-6,9-11,18H2. The number of hydrogen-bond acceptors (Lipinski definition) is 7. The van der Waals surface area contributed by atoms with Crippen LogP contribution in [0, 0.1) is 0 Å². The molecule has 130 valence electrons. The second-order valence-electron chi connectivity index (χ2n) is 6.21. The Morgan fingerprint density at radius 2 is 1.92 bits per heavy atom. The average molecular weight is 356 g/mol. The molecule has 0 saturated heterocycles. The van der Waals surface area contributed by atoms with Gasteiger partial charge in [0.25, 0.3) is 0 Å². The van der Waals surface area contributed by atoms with Crippen LogP contribution in [0.15, 0.2) is 40.0 Å². The lowest BCUT2D eigenvalue weighted by Gasteiger charge is -2.20. The summed E-state index contributed by atoms with van der Waals surface area (Å²) in [6.45, 7) is 0. The largest absolute Gasteiger partial charge is 0.338 e.